The van der Waals surface area contributed by atoms with Crippen LogP contribution in [0.1, 0.15) is 47.2 Å². The highest BCUT2D eigenvalue weighted by Gasteiger charge is 2.31. The number of ether oxygens (including phenoxy) is 1. The fraction of sp³-hybridized carbons (Fsp3) is 0.737. The van der Waals surface area contributed by atoms with Gasteiger partial charge >= 0.3 is 5.97 Å². The van der Waals surface area contributed by atoms with Crippen molar-refractivity contribution >= 4 is 47.2 Å². The van der Waals surface area contributed by atoms with Crippen LogP contribution in [0, 0.1) is 6.92 Å². The monoisotopic (exact) mass is 536 g/mol. The smallest absolute Gasteiger partial charge is 0.350 e. The molecule has 3 aliphatic heterocycles. The molecule has 4 heterocycles. The summed E-state index contributed by atoms with van der Waals surface area (Å²) in [5.41, 5.74) is 0.717. The van der Waals surface area contributed by atoms with Gasteiger partial charge in [0.1, 0.15) is 9.88 Å². The van der Waals surface area contributed by atoms with Gasteiger partial charge in [-0.1, -0.05) is 0 Å². The summed E-state index contributed by atoms with van der Waals surface area (Å²) >= 11 is 1.39. The zero-order valence-corrected chi connectivity index (χ0v) is 20.9. The Kier molecular flexibility index (Phi) is 9.57. The third-order valence-corrected chi connectivity index (χ3v) is 6.51. The second kappa shape index (κ2) is 11.4. The molecule has 1 aromatic rings. The molecular formula is C19H33IN6O2S. The molecule has 10 heteroatoms. The van der Waals surface area contributed by atoms with Gasteiger partial charge in [-0.05, 0) is 27.7 Å². The molecule has 29 heavy (non-hydrogen) atoms. The minimum atomic E-state index is -0.298. The predicted octanol–water partition coefficient (Wildman–Crippen LogP) is 1.86. The minimum Gasteiger partial charge on any atom is -0.462 e. The van der Waals surface area contributed by atoms with E-state index in [-0.39, 0.29) is 36.0 Å². The molecule has 3 fully saturated rings. The summed E-state index contributed by atoms with van der Waals surface area (Å²) in [6, 6.07) is 0.447. The highest BCUT2D eigenvalue weighted by atomic mass is 127. The maximum Gasteiger partial charge on any atom is 0.350 e. The second-order valence-corrected chi connectivity index (χ2v) is 8.29. The van der Waals surface area contributed by atoms with E-state index in [4.69, 9.17) is 9.73 Å². The molecule has 0 radical (unpaired) electrons. The second-order valence-electron chi connectivity index (χ2n) is 7.26. The van der Waals surface area contributed by atoms with E-state index in [0.29, 0.717) is 23.2 Å². The highest BCUT2D eigenvalue weighted by molar-refractivity contribution is 14.0. The summed E-state index contributed by atoms with van der Waals surface area (Å²) in [5.74, 6) is 0.492. The molecule has 0 spiro atoms. The Labute approximate surface area is 194 Å². The first-order valence-corrected chi connectivity index (χ1v) is 11.0. The van der Waals surface area contributed by atoms with Gasteiger partial charge in [-0.25, -0.2) is 9.78 Å². The molecule has 0 amide bonds. The van der Waals surface area contributed by atoms with Crippen molar-refractivity contribution in [3.63, 3.8) is 0 Å². The molecule has 2 unspecified atom stereocenters. The maximum atomic E-state index is 12.0. The summed E-state index contributed by atoms with van der Waals surface area (Å²) in [7, 11) is 0. The predicted molar refractivity (Wildman–Crippen MR) is 128 cm³/mol. The lowest BCUT2D eigenvalue weighted by atomic mass is 10.1. The van der Waals surface area contributed by atoms with Crippen molar-refractivity contribution in [3.05, 3.63) is 15.6 Å². The lowest BCUT2D eigenvalue weighted by Gasteiger charge is -2.47. The summed E-state index contributed by atoms with van der Waals surface area (Å²) in [5, 5.41) is 7.61. The normalized spacial score (nSPS) is 24.6. The van der Waals surface area contributed by atoms with Gasteiger partial charge in [-0.15, -0.1) is 35.3 Å². The SMILES string of the molecule is CCNC(=NCC1CN2CCN1CC2)NC(C)c1nc(C)c(C(=O)OCC)s1.I. The van der Waals surface area contributed by atoms with Crippen LogP contribution in [0.5, 0.6) is 0 Å². The molecule has 0 saturated carbocycles. The Morgan fingerprint density at radius 2 is 2.07 bits per heavy atom. The molecule has 0 aliphatic carbocycles. The number of aliphatic imine (C=N–C) groups is 1. The van der Waals surface area contributed by atoms with Crippen LogP contribution in [-0.4, -0.2) is 85.2 Å². The number of thiazole rings is 1. The van der Waals surface area contributed by atoms with Gasteiger partial charge in [-0.3, -0.25) is 14.8 Å². The van der Waals surface area contributed by atoms with Gasteiger partial charge in [0.15, 0.2) is 5.96 Å². The molecule has 3 saturated heterocycles. The van der Waals surface area contributed by atoms with Gasteiger partial charge in [0.25, 0.3) is 0 Å². The average molecular weight is 536 g/mol. The van der Waals surface area contributed by atoms with Crippen molar-refractivity contribution < 1.29 is 9.53 Å². The summed E-state index contributed by atoms with van der Waals surface area (Å²) in [6.45, 7) is 15.5. The molecular weight excluding hydrogens is 503 g/mol. The number of carbonyl (C=O) groups is 1. The quantitative estimate of drug-likeness (QED) is 0.238. The van der Waals surface area contributed by atoms with Crippen LogP contribution < -0.4 is 10.6 Å². The minimum absolute atomic E-state index is 0. The number of fused-ring (bicyclic) bond motifs is 3. The number of guanidine groups is 1. The molecule has 3 aliphatic rings. The number of hydrogen-bond acceptors (Lipinski definition) is 7. The molecule has 164 valence electrons. The van der Waals surface area contributed by atoms with Gasteiger partial charge in [0, 0.05) is 45.3 Å². The lowest BCUT2D eigenvalue weighted by molar-refractivity contribution is 0.0174. The van der Waals surface area contributed by atoms with E-state index in [0.717, 1.165) is 43.7 Å². The number of hydrogen-bond donors (Lipinski definition) is 2. The number of nitrogens with zero attached hydrogens (tertiary/aromatic N) is 4. The number of carbonyl (C=O) groups excluding carboxylic acids is 1. The number of aromatic nitrogens is 1. The molecule has 2 bridgehead atoms. The van der Waals surface area contributed by atoms with Crippen molar-refractivity contribution in [2.24, 2.45) is 4.99 Å². The standard InChI is InChI=1S/C19H32N6O2S.HI/c1-5-20-19(21-11-15-12-24-7-9-25(15)10-8-24)23-14(4)17-22-13(3)16(28-17)18(26)27-6-2;/h14-15H,5-12H2,1-4H3,(H2,20,21,23);1H. The number of piperazine rings is 3. The van der Waals surface area contributed by atoms with Crippen LogP contribution in [0.2, 0.25) is 0 Å². The first-order chi connectivity index (χ1) is 13.5. The molecule has 8 nitrogen and oxygen atoms in total. The lowest BCUT2D eigenvalue weighted by Crippen LogP contribution is -2.62. The number of esters is 1. The first-order valence-electron chi connectivity index (χ1n) is 10.2. The topological polar surface area (TPSA) is 82.1 Å². The molecule has 2 N–H and O–H groups in total. The van der Waals surface area contributed by atoms with Crippen LogP contribution in [0.15, 0.2) is 4.99 Å². The van der Waals surface area contributed by atoms with Crippen molar-refractivity contribution in [1.82, 2.24) is 25.4 Å². The van der Waals surface area contributed by atoms with Crippen LogP contribution in [-0.2, 0) is 4.74 Å². The number of aryl methyl sites for hydroxylation is 1. The van der Waals surface area contributed by atoms with Crippen molar-refractivity contribution in [2.45, 2.75) is 39.8 Å². The van der Waals surface area contributed by atoms with Crippen molar-refractivity contribution in [2.75, 3.05) is 52.4 Å². The van der Waals surface area contributed by atoms with E-state index < -0.39 is 0 Å². The van der Waals surface area contributed by atoms with Gasteiger partial charge < -0.3 is 15.4 Å². The average Bonchev–Trinajstić information content (AvgIpc) is 3.09. The summed E-state index contributed by atoms with van der Waals surface area (Å²) in [6.07, 6.45) is 0. The highest BCUT2D eigenvalue weighted by Crippen LogP contribution is 2.24. The Bertz CT molecular complexity index is 705. The van der Waals surface area contributed by atoms with Gasteiger partial charge in [-0.2, -0.15) is 0 Å². The molecule has 2 atom stereocenters. The molecule has 1 aromatic heterocycles. The zero-order valence-electron chi connectivity index (χ0n) is 17.7. The maximum absolute atomic E-state index is 12.0. The van der Waals surface area contributed by atoms with Crippen LogP contribution in [0.3, 0.4) is 0 Å². The number of halogens is 1. The van der Waals surface area contributed by atoms with Gasteiger partial charge in [0.05, 0.1) is 24.9 Å². The van der Waals surface area contributed by atoms with Gasteiger partial charge in [0.2, 0.25) is 0 Å². The summed E-state index contributed by atoms with van der Waals surface area (Å²) in [4.78, 5) is 27.1. The van der Waals surface area contributed by atoms with E-state index in [2.05, 4.69) is 32.3 Å². The summed E-state index contributed by atoms with van der Waals surface area (Å²) < 4.78 is 5.12. The third-order valence-electron chi connectivity index (χ3n) is 5.19. The Morgan fingerprint density at radius 3 is 2.66 bits per heavy atom. The van der Waals surface area contributed by atoms with Crippen LogP contribution in [0.25, 0.3) is 0 Å². The van der Waals surface area contributed by atoms with Crippen LogP contribution >= 0.6 is 35.3 Å². The Hall–Kier alpha value is -0.980. The van der Waals surface area contributed by atoms with E-state index in [1.54, 1.807) is 0 Å². The fourth-order valence-corrected chi connectivity index (χ4v) is 4.63. The Morgan fingerprint density at radius 1 is 1.34 bits per heavy atom. The Balaban J connectivity index is 0.00000300. The molecule has 4 rings (SSSR count). The molecule has 0 aromatic carbocycles. The van der Waals surface area contributed by atoms with Crippen molar-refractivity contribution in [3.8, 4) is 0 Å². The van der Waals surface area contributed by atoms with E-state index in [1.165, 1.54) is 24.4 Å². The largest absolute Gasteiger partial charge is 0.462 e. The number of rotatable bonds is 7. The third kappa shape index (κ3) is 6.25. The zero-order chi connectivity index (χ0) is 20.1. The van der Waals surface area contributed by atoms with Crippen LogP contribution in [0.4, 0.5) is 0 Å². The van der Waals surface area contributed by atoms with E-state index in [1.807, 2.05) is 20.8 Å². The fourth-order valence-electron chi connectivity index (χ4n) is 3.67. The number of nitrogens with one attached hydrogen (secondary N) is 2. The van der Waals surface area contributed by atoms with E-state index in [9.17, 15) is 4.79 Å². The van der Waals surface area contributed by atoms with E-state index >= 15 is 0 Å². The first kappa shape index (κ1) is 24.3. The van der Waals surface area contributed by atoms with Crippen molar-refractivity contribution in [1.29, 1.82) is 0 Å².